The first-order valence-corrected chi connectivity index (χ1v) is 6.00. The molecule has 0 aliphatic carbocycles. The van der Waals surface area contributed by atoms with E-state index in [0.29, 0.717) is 22.0 Å². The van der Waals surface area contributed by atoms with Crippen LogP contribution < -0.4 is 10.7 Å². The van der Waals surface area contributed by atoms with Crippen LogP contribution in [0.5, 0.6) is 0 Å². The number of hydrogen-bond acceptors (Lipinski definition) is 3. The summed E-state index contributed by atoms with van der Waals surface area (Å²) < 4.78 is 1.33. The van der Waals surface area contributed by atoms with Crippen molar-refractivity contribution in [3.05, 3.63) is 62.5 Å². The highest BCUT2D eigenvalue weighted by atomic mass is 35.5. The van der Waals surface area contributed by atoms with Gasteiger partial charge in [-0.1, -0.05) is 11.6 Å². The summed E-state index contributed by atoms with van der Waals surface area (Å²) in [5.41, 5.74) is 0.692. The zero-order valence-corrected chi connectivity index (χ0v) is 11.2. The average Bonchev–Trinajstić information content (AvgIpc) is 2.30. The zero-order chi connectivity index (χ0) is 14.2. The third-order valence-electron chi connectivity index (χ3n) is 2.88. The van der Waals surface area contributed by atoms with E-state index in [-0.39, 0.29) is 5.56 Å². The number of halogens is 1. The van der Waals surface area contributed by atoms with Crippen LogP contribution in [0, 0.1) is 13.8 Å². The Kier molecular flexibility index (Phi) is 3.44. The van der Waals surface area contributed by atoms with E-state index in [1.54, 1.807) is 44.2 Å². The van der Waals surface area contributed by atoms with Gasteiger partial charge in [0.2, 0.25) is 0 Å². The summed E-state index contributed by atoms with van der Waals surface area (Å²) in [7, 11) is 0. The lowest BCUT2D eigenvalue weighted by molar-refractivity contribution is -0.255. The number of carbonyl (C=O) groups is 1. The second-order valence-corrected chi connectivity index (χ2v) is 4.68. The number of aromatic nitrogens is 1. The van der Waals surface area contributed by atoms with Crippen LogP contribution in [0.4, 0.5) is 0 Å². The van der Waals surface area contributed by atoms with Crippen LogP contribution in [-0.2, 0) is 0 Å². The van der Waals surface area contributed by atoms with Gasteiger partial charge < -0.3 is 9.90 Å². The molecule has 0 saturated heterocycles. The largest absolute Gasteiger partial charge is 0.545 e. The molecular formula is C14H11ClNO3-. The van der Waals surface area contributed by atoms with E-state index in [9.17, 15) is 14.7 Å². The van der Waals surface area contributed by atoms with E-state index in [2.05, 4.69) is 0 Å². The van der Waals surface area contributed by atoms with Crippen LogP contribution in [0.25, 0.3) is 5.69 Å². The zero-order valence-electron chi connectivity index (χ0n) is 10.4. The summed E-state index contributed by atoms with van der Waals surface area (Å²) in [5.74, 6) is -1.47. The average molecular weight is 277 g/mol. The predicted octanol–water partition coefficient (Wildman–Crippen LogP) is 1.47. The number of pyridine rings is 1. The van der Waals surface area contributed by atoms with Crippen LogP contribution in [0.1, 0.15) is 21.6 Å². The number of nitrogens with zero attached hydrogens (tertiary/aromatic N) is 1. The summed E-state index contributed by atoms with van der Waals surface area (Å²) in [4.78, 5) is 23.3. The molecule has 19 heavy (non-hydrogen) atoms. The maximum absolute atomic E-state index is 12.2. The Hall–Kier alpha value is -2.07. The van der Waals surface area contributed by atoms with Crippen molar-refractivity contribution >= 4 is 17.6 Å². The van der Waals surface area contributed by atoms with Gasteiger partial charge in [0.1, 0.15) is 0 Å². The third kappa shape index (κ3) is 2.39. The molecule has 98 valence electrons. The molecule has 0 aliphatic rings. The number of aromatic carboxylic acids is 1. The Morgan fingerprint density at radius 2 is 1.79 bits per heavy atom. The maximum atomic E-state index is 12.2. The van der Waals surface area contributed by atoms with Gasteiger partial charge in [-0.3, -0.25) is 9.36 Å². The van der Waals surface area contributed by atoms with Crippen LogP contribution >= 0.6 is 11.6 Å². The van der Waals surface area contributed by atoms with Gasteiger partial charge in [0, 0.05) is 16.4 Å². The second kappa shape index (κ2) is 4.90. The van der Waals surface area contributed by atoms with Crippen molar-refractivity contribution in [2.45, 2.75) is 13.8 Å². The van der Waals surface area contributed by atoms with Crippen molar-refractivity contribution in [3.63, 3.8) is 0 Å². The number of carbonyl (C=O) groups excluding carboxylic acids is 1. The first-order chi connectivity index (χ1) is 8.91. The minimum absolute atomic E-state index is 0.319. The van der Waals surface area contributed by atoms with Gasteiger partial charge in [0.25, 0.3) is 5.56 Å². The summed E-state index contributed by atoms with van der Waals surface area (Å²) in [6.07, 6.45) is 0. The minimum atomic E-state index is -1.47. The Morgan fingerprint density at radius 1 is 1.21 bits per heavy atom. The van der Waals surface area contributed by atoms with Crippen molar-refractivity contribution in [1.82, 2.24) is 4.57 Å². The quantitative estimate of drug-likeness (QED) is 0.834. The molecule has 2 aromatic rings. The van der Waals surface area contributed by atoms with Crippen LogP contribution in [0.2, 0.25) is 5.02 Å². The Balaban J connectivity index is 2.77. The Morgan fingerprint density at radius 3 is 2.32 bits per heavy atom. The predicted molar refractivity (Wildman–Crippen MR) is 70.9 cm³/mol. The lowest BCUT2D eigenvalue weighted by Crippen LogP contribution is -2.35. The van der Waals surface area contributed by atoms with Gasteiger partial charge in [-0.15, -0.1) is 0 Å². The minimum Gasteiger partial charge on any atom is -0.545 e. The fourth-order valence-electron chi connectivity index (χ4n) is 2.05. The van der Waals surface area contributed by atoms with E-state index in [0.717, 1.165) is 0 Å². The smallest absolute Gasteiger partial charge is 0.264 e. The van der Waals surface area contributed by atoms with Crippen LogP contribution in [-0.4, -0.2) is 10.5 Å². The summed E-state index contributed by atoms with van der Waals surface area (Å²) >= 11 is 5.79. The number of benzene rings is 1. The Bertz CT molecular complexity index is 702. The molecule has 0 amide bonds. The number of hydrogen-bond donors (Lipinski definition) is 0. The highest BCUT2D eigenvalue weighted by Gasteiger charge is 2.12. The van der Waals surface area contributed by atoms with Crippen molar-refractivity contribution in [2.75, 3.05) is 0 Å². The monoisotopic (exact) mass is 276 g/mol. The standard InChI is InChI=1S/C14H12ClNO3/c1-8-7-9(2)16(13(17)12(8)14(18)19)11-5-3-10(15)4-6-11/h3-7H,1-2H3,(H,18,19)/p-1. The number of aryl methyl sites for hydroxylation is 2. The third-order valence-corrected chi connectivity index (χ3v) is 3.13. The van der Waals surface area contributed by atoms with Crippen molar-refractivity contribution in [2.24, 2.45) is 0 Å². The molecule has 0 atom stereocenters. The molecule has 4 nitrogen and oxygen atoms in total. The van der Waals surface area contributed by atoms with Gasteiger partial charge in [-0.05, 0) is 49.7 Å². The van der Waals surface area contributed by atoms with E-state index < -0.39 is 11.5 Å². The summed E-state index contributed by atoms with van der Waals surface area (Å²) in [5, 5.41) is 11.6. The maximum Gasteiger partial charge on any atom is 0.264 e. The molecule has 0 unspecified atom stereocenters. The molecule has 0 fully saturated rings. The molecule has 0 N–H and O–H groups in total. The number of carboxylic acids is 1. The molecule has 1 heterocycles. The first kappa shape index (κ1) is 13.4. The van der Waals surface area contributed by atoms with E-state index in [1.807, 2.05) is 0 Å². The van der Waals surface area contributed by atoms with Gasteiger partial charge in [0.15, 0.2) is 0 Å². The van der Waals surface area contributed by atoms with Crippen molar-refractivity contribution in [1.29, 1.82) is 0 Å². The number of rotatable bonds is 2. The van der Waals surface area contributed by atoms with E-state index >= 15 is 0 Å². The second-order valence-electron chi connectivity index (χ2n) is 4.25. The van der Waals surface area contributed by atoms with Gasteiger partial charge in [-0.25, -0.2) is 0 Å². The Labute approximate surface area is 114 Å². The first-order valence-electron chi connectivity index (χ1n) is 5.62. The molecule has 0 bridgehead atoms. The molecule has 2 rings (SSSR count). The van der Waals surface area contributed by atoms with E-state index in [4.69, 9.17) is 11.6 Å². The molecule has 0 spiro atoms. The SMILES string of the molecule is Cc1cc(C)n(-c2ccc(Cl)cc2)c(=O)c1C(=O)[O-]. The molecule has 0 aliphatic heterocycles. The fraction of sp³-hybridized carbons (Fsp3) is 0.143. The van der Waals surface area contributed by atoms with E-state index in [1.165, 1.54) is 4.57 Å². The summed E-state index contributed by atoms with van der Waals surface area (Å²) in [6, 6.07) is 8.24. The van der Waals surface area contributed by atoms with Crippen LogP contribution in [0.15, 0.2) is 35.1 Å². The fourth-order valence-corrected chi connectivity index (χ4v) is 2.18. The molecule has 0 radical (unpaired) electrons. The lowest BCUT2D eigenvalue weighted by atomic mass is 10.1. The summed E-state index contributed by atoms with van der Waals surface area (Å²) in [6.45, 7) is 3.31. The molecular weight excluding hydrogens is 266 g/mol. The molecule has 0 saturated carbocycles. The topological polar surface area (TPSA) is 62.1 Å². The highest BCUT2D eigenvalue weighted by molar-refractivity contribution is 6.30. The van der Waals surface area contributed by atoms with Gasteiger partial charge in [0.05, 0.1) is 11.5 Å². The number of carboxylic acid groups (broad SMARTS) is 1. The normalized spacial score (nSPS) is 10.5. The molecule has 5 heteroatoms. The van der Waals surface area contributed by atoms with Gasteiger partial charge >= 0.3 is 0 Å². The van der Waals surface area contributed by atoms with Gasteiger partial charge in [-0.2, -0.15) is 0 Å². The molecule has 1 aromatic heterocycles. The van der Waals surface area contributed by atoms with Crippen molar-refractivity contribution in [3.8, 4) is 5.69 Å². The molecule has 1 aromatic carbocycles. The van der Waals surface area contributed by atoms with Crippen molar-refractivity contribution < 1.29 is 9.90 Å². The lowest BCUT2D eigenvalue weighted by Gasteiger charge is -2.15. The highest BCUT2D eigenvalue weighted by Crippen LogP contribution is 2.15. The van der Waals surface area contributed by atoms with Crippen LogP contribution in [0.3, 0.4) is 0 Å².